The SMILES string of the molecule is CC(C)CC(C)(C(=O)OCCC(O)C(O)CCCC1=CC2OC(=O)C(c3ccccc3)=CC2C=C1)C(C)C. The monoisotopic (exact) mass is 524 g/mol. The Hall–Kier alpha value is -2.70. The number of carbonyl (C=O) groups excluding carboxylic acids is 2. The van der Waals surface area contributed by atoms with Gasteiger partial charge in [0.05, 0.1) is 29.8 Å². The summed E-state index contributed by atoms with van der Waals surface area (Å²) in [6.45, 7) is 10.2. The van der Waals surface area contributed by atoms with E-state index >= 15 is 0 Å². The summed E-state index contributed by atoms with van der Waals surface area (Å²) in [5, 5.41) is 20.8. The first-order valence-corrected chi connectivity index (χ1v) is 13.9. The molecule has 0 spiro atoms. The minimum atomic E-state index is -0.959. The second-order valence-electron chi connectivity index (χ2n) is 11.6. The summed E-state index contributed by atoms with van der Waals surface area (Å²) < 4.78 is 11.2. The summed E-state index contributed by atoms with van der Waals surface area (Å²) in [5.74, 6) is -0.0482. The third-order valence-electron chi connectivity index (χ3n) is 7.83. The van der Waals surface area contributed by atoms with E-state index in [4.69, 9.17) is 9.47 Å². The molecule has 5 atom stereocenters. The van der Waals surface area contributed by atoms with Gasteiger partial charge in [-0.2, -0.15) is 0 Å². The lowest BCUT2D eigenvalue weighted by Gasteiger charge is -2.33. The molecule has 1 heterocycles. The summed E-state index contributed by atoms with van der Waals surface area (Å²) in [4.78, 5) is 25.3. The Morgan fingerprint density at radius 1 is 1.05 bits per heavy atom. The van der Waals surface area contributed by atoms with E-state index in [2.05, 4.69) is 19.9 Å². The highest BCUT2D eigenvalue weighted by Crippen LogP contribution is 2.36. The molecule has 0 fully saturated rings. The topological polar surface area (TPSA) is 93.1 Å². The van der Waals surface area contributed by atoms with Crippen LogP contribution in [0.25, 0.3) is 5.57 Å². The molecular weight excluding hydrogens is 480 g/mol. The van der Waals surface area contributed by atoms with E-state index in [1.807, 2.05) is 69.3 Å². The van der Waals surface area contributed by atoms with Crippen molar-refractivity contribution in [3.63, 3.8) is 0 Å². The van der Waals surface area contributed by atoms with Crippen LogP contribution in [0.15, 0.2) is 60.2 Å². The molecule has 38 heavy (non-hydrogen) atoms. The summed E-state index contributed by atoms with van der Waals surface area (Å²) >= 11 is 0. The van der Waals surface area contributed by atoms with Gasteiger partial charge in [-0.1, -0.05) is 76.3 Å². The van der Waals surface area contributed by atoms with Crippen molar-refractivity contribution in [3.05, 3.63) is 65.8 Å². The third kappa shape index (κ3) is 7.67. The second kappa shape index (κ2) is 13.4. The molecule has 0 radical (unpaired) electrons. The van der Waals surface area contributed by atoms with Crippen LogP contribution in [0.2, 0.25) is 0 Å². The number of esters is 2. The molecule has 1 aliphatic heterocycles. The number of allylic oxidation sites excluding steroid dienone is 2. The fourth-order valence-electron chi connectivity index (χ4n) is 5.17. The maximum Gasteiger partial charge on any atom is 0.339 e. The molecule has 3 rings (SSSR count). The molecule has 2 N–H and O–H groups in total. The van der Waals surface area contributed by atoms with Crippen molar-refractivity contribution in [2.24, 2.45) is 23.2 Å². The normalized spacial score (nSPS) is 22.2. The first-order valence-electron chi connectivity index (χ1n) is 13.9. The fraction of sp³-hybridized carbons (Fsp3) is 0.562. The van der Waals surface area contributed by atoms with Gasteiger partial charge in [0.1, 0.15) is 6.10 Å². The van der Waals surface area contributed by atoms with Crippen LogP contribution in [0.1, 0.15) is 72.3 Å². The van der Waals surface area contributed by atoms with Gasteiger partial charge in [-0.15, -0.1) is 0 Å². The van der Waals surface area contributed by atoms with E-state index in [1.54, 1.807) is 0 Å². The van der Waals surface area contributed by atoms with Gasteiger partial charge in [-0.05, 0) is 61.7 Å². The van der Waals surface area contributed by atoms with Gasteiger partial charge in [0.25, 0.3) is 0 Å². The van der Waals surface area contributed by atoms with Gasteiger partial charge in [0, 0.05) is 12.3 Å². The van der Waals surface area contributed by atoms with E-state index in [0.717, 1.165) is 17.6 Å². The molecular formula is C32H44O6. The molecule has 0 aromatic heterocycles. The number of aliphatic hydroxyl groups excluding tert-OH is 2. The highest BCUT2D eigenvalue weighted by Gasteiger charge is 2.38. The molecule has 2 aliphatic rings. The van der Waals surface area contributed by atoms with Crippen molar-refractivity contribution in [1.29, 1.82) is 0 Å². The zero-order valence-electron chi connectivity index (χ0n) is 23.4. The van der Waals surface area contributed by atoms with Crippen LogP contribution in [0.5, 0.6) is 0 Å². The number of rotatable bonds is 13. The molecule has 6 nitrogen and oxygen atoms in total. The number of benzene rings is 1. The third-order valence-corrected chi connectivity index (χ3v) is 7.83. The minimum Gasteiger partial charge on any atom is -0.465 e. The molecule has 6 heteroatoms. The fourth-order valence-corrected chi connectivity index (χ4v) is 5.17. The van der Waals surface area contributed by atoms with Gasteiger partial charge >= 0.3 is 11.9 Å². The summed E-state index contributed by atoms with van der Waals surface area (Å²) in [5.41, 5.74) is 1.92. The van der Waals surface area contributed by atoms with Crippen LogP contribution < -0.4 is 0 Å². The number of fused-ring (bicyclic) bond motifs is 1. The smallest absolute Gasteiger partial charge is 0.339 e. The number of carbonyl (C=O) groups is 2. The van der Waals surface area contributed by atoms with Gasteiger partial charge in [-0.3, -0.25) is 4.79 Å². The van der Waals surface area contributed by atoms with Gasteiger partial charge in [0.2, 0.25) is 0 Å². The first kappa shape index (κ1) is 29.9. The number of ether oxygens (including phenoxy) is 2. The molecule has 0 saturated carbocycles. The predicted molar refractivity (Wildman–Crippen MR) is 149 cm³/mol. The quantitative estimate of drug-likeness (QED) is 0.324. The van der Waals surface area contributed by atoms with E-state index in [1.165, 1.54) is 0 Å². The number of aliphatic hydroxyl groups is 2. The Bertz CT molecular complexity index is 1040. The number of hydrogen-bond donors (Lipinski definition) is 2. The van der Waals surface area contributed by atoms with Crippen LogP contribution in [0.4, 0.5) is 0 Å². The first-order chi connectivity index (χ1) is 18.0. The largest absolute Gasteiger partial charge is 0.465 e. The number of hydrogen-bond acceptors (Lipinski definition) is 6. The Morgan fingerprint density at radius 3 is 2.39 bits per heavy atom. The maximum atomic E-state index is 12.7. The van der Waals surface area contributed by atoms with Crippen molar-refractivity contribution < 1.29 is 29.3 Å². The lowest BCUT2D eigenvalue weighted by Crippen LogP contribution is -2.37. The van der Waals surface area contributed by atoms with Crippen molar-refractivity contribution in [2.45, 2.75) is 85.0 Å². The molecule has 1 aromatic rings. The maximum absolute atomic E-state index is 12.7. The molecule has 208 valence electrons. The Balaban J connectivity index is 1.42. The van der Waals surface area contributed by atoms with Crippen LogP contribution in [0, 0.1) is 23.2 Å². The van der Waals surface area contributed by atoms with Crippen molar-refractivity contribution in [1.82, 2.24) is 0 Å². The summed E-state index contributed by atoms with van der Waals surface area (Å²) in [7, 11) is 0. The molecule has 5 unspecified atom stereocenters. The average Bonchev–Trinajstić information content (AvgIpc) is 2.87. The lowest BCUT2D eigenvalue weighted by molar-refractivity contribution is -0.160. The molecule has 0 bridgehead atoms. The lowest BCUT2D eigenvalue weighted by atomic mass is 9.73. The van der Waals surface area contributed by atoms with E-state index < -0.39 is 17.6 Å². The highest BCUT2D eigenvalue weighted by molar-refractivity contribution is 6.17. The van der Waals surface area contributed by atoms with Crippen molar-refractivity contribution in [3.8, 4) is 0 Å². The van der Waals surface area contributed by atoms with E-state index in [-0.39, 0.29) is 42.9 Å². The second-order valence-corrected chi connectivity index (χ2v) is 11.6. The Labute approximate surface area is 227 Å². The molecule has 1 aliphatic carbocycles. The zero-order valence-corrected chi connectivity index (χ0v) is 23.4. The van der Waals surface area contributed by atoms with Crippen molar-refractivity contribution in [2.75, 3.05) is 6.61 Å². The Kier molecular flexibility index (Phi) is 10.5. The van der Waals surface area contributed by atoms with Crippen LogP contribution in [-0.4, -0.2) is 47.1 Å². The van der Waals surface area contributed by atoms with Gasteiger partial charge < -0.3 is 19.7 Å². The van der Waals surface area contributed by atoms with E-state index in [9.17, 15) is 19.8 Å². The van der Waals surface area contributed by atoms with Crippen LogP contribution >= 0.6 is 0 Å². The van der Waals surface area contributed by atoms with E-state index in [0.29, 0.717) is 30.8 Å². The minimum absolute atomic E-state index is 0.000121. The van der Waals surface area contributed by atoms with Gasteiger partial charge in [-0.25, -0.2) is 4.79 Å². The van der Waals surface area contributed by atoms with Crippen molar-refractivity contribution >= 4 is 17.5 Å². The van der Waals surface area contributed by atoms with Crippen LogP contribution in [0.3, 0.4) is 0 Å². The summed E-state index contributed by atoms with van der Waals surface area (Å²) in [6.07, 6.45) is 8.59. The standard InChI is InChI=1S/C32H44O6/c1-21(2)20-32(5,22(3)4)31(36)37-17-16-28(34)27(33)13-9-10-23-14-15-25-19-26(24-11-7-6-8-12-24)30(35)38-29(25)18-23/h6-8,11-12,14-15,18-19,21-22,25,27-29,33-34H,9-10,13,16-17,20H2,1-5H3. The average molecular weight is 525 g/mol. The Morgan fingerprint density at radius 2 is 1.74 bits per heavy atom. The molecule has 0 amide bonds. The zero-order chi connectivity index (χ0) is 27.9. The predicted octanol–water partition coefficient (Wildman–Crippen LogP) is 5.64. The van der Waals surface area contributed by atoms with Crippen LogP contribution in [-0.2, 0) is 19.1 Å². The molecule has 0 saturated heterocycles. The van der Waals surface area contributed by atoms with Gasteiger partial charge in [0.15, 0.2) is 0 Å². The summed E-state index contributed by atoms with van der Waals surface area (Å²) in [6, 6.07) is 9.52. The highest BCUT2D eigenvalue weighted by atomic mass is 16.5. The molecule has 1 aromatic carbocycles.